The average Bonchev–Trinajstić information content (AvgIpc) is 2.78. The van der Waals surface area contributed by atoms with Crippen LogP contribution < -0.4 is 10.1 Å². The monoisotopic (exact) mass is 406 g/mol. The first-order chi connectivity index (χ1) is 14.7. The molecular weight excluding hydrogens is 372 g/mol. The van der Waals surface area contributed by atoms with Crippen molar-refractivity contribution in [1.82, 2.24) is 4.90 Å². The minimum absolute atomic E-state index is 0.367. The molecule has 0 spiro atoms. The number of nitrogens with one attached hydrogen (secondary N) is 1. The van der Waals surface area contributed by atoms with Gasteiger partial charge in [0.25, 0.3) is 0 Å². The molecule has 2 fully saturated rings. The lowest BCUT2D eigenvalue weighted by atomic mass is 9.57. The van der Waals surface area contributed by atoms with Crippen molar-refractivity contribution in [3.8, 4) is 5.75 Å². The second-order valence-corrected chi connectivity index (χ2v) is 8.85. The van der Waals surface area contributed by atoms with E-state index in [1.807, 2.05) is 25.2 Å². The van der Waals surface area contributed by atoms with Gasteiger partial charge in [-0.25, -0.2) is 0 Å². The zero-order chi connectivity index (χ0) is 20.8. The molecule has 30 heavy (non-hydrogen) atoms. The maximum Gasteiger partial charge on any atom is 0.130 e. The van der Waals surface area contributed by atoms with Crippen LogP contribution in [0.3, 0.4) is 0 Å². The summed E-state index contributed by atoms with van der Waals surface area (Å²) < 4.78 is 5.95. The molecule has 0 bridgehead atoms. The molecule has 4 rings (SSSR count). The topological polar surface area (TPSA) is 41.6 Å². The SMILES string of the molecule is CNc1ccccc1C1(C=O)CC(c2ccc(OCCCN3CCCCC3)cc2)C1. The fourth-order valence-corrected chi connectivity index (χ4v) is 5.07. The van der Waals surface area contributed by atoms with Crippen LogP contribution >= 0.6 is 0 Å². The van der Waals surface area contributed by atoms with Gasteiger partial charge >= 0.3 is 0 Å². The second-order valence-electron chi connectivity index (χ2n) is 8.85. The second kappa shape index (κ2) is 9.65. The van der Waals surface area contributed by atoms with Crippen LogP contribution in [-0.4, -0.2) is 44.5 Å². The number of aldehydes is 1. The Balaban J connectivity index is 1.28. The molecule has 160 valence electrons. The molecule has 0 amide bonds. The van der Waals surface area contributed by atoms with Gasteiger partial charge < -0.3 is 19.7 Å². The fourth-order valence-electron chi connectivity index (χ4n) is 5.07. The third-order valence-corrected chi connectivity index (χ3v) is 6.87. The van der Waals surface area contributed by atoms with Crippen LogP contribution in [0.15, 0.2) is 48.5 Å². The molecule has 1 aliphatic carbocycles. The highest BCUT2D eigenvalue weighted by Gasteiger charge is 2.47. The number of nitrogens with zero attached hydrogens (tertiary/aromatic N) is 1. The summed E-state index contributed by atoms with van der Waals surface area (Å²) in [6.07, 6.45) is 8.04. The number of anilines is 1. The van der Waals surface area contributed by atoms with E-state index in [4.69, 9.17) is 4.74 Å². The van der Waals surface area contributed by atoms with Gasteiger partial charge in [-0.15, -0.1) is 0 Å². The van der Waals surface area contributed by atoms with Crippen LogP contribution in [-0.2, 0) is 10.2 Å². The largest absolute Gasteiger partial charge is 0.494 e. The fraction of sp³-hybridized carbons (Fsp3) is 0.500. The maximum atomic E-state index is 12.0. The molecule has 2 aliphatic rings. The van der Waals surface area contributed by atoms with Gasteiger partial charge in [-0.3, -0.25) is 0 Å². The summed E-state index contributed by atoms with van der Waals surface area (Å²) in [5, 5.41) is 3.23. The Morgan fingerprint density at radius 1 is 1.07 bits per heavy atom. The molecule has 4 heteroatoms. The van der Waals surface area contributed by atoms with Crippen molar-refractivity contribution in [3.05, 3.63) is 59.7 Å². The molecule has 1 saturated carbocycles. The van der Waals surface area contributed by atoms with Crippen LogP contribution in [0.4, 0.5) is 5.69 Å². The predicted molar refractivity (Wildman–Crippen MR) is 123 cm³/mol. The number of benzene rings is 2. The highest BCUT2D eigenvalue weighted by molar-refractivity contribution is 5.76. The number of carbonyl (C=O) groups is 1. The van der Waals surface area contributed by atoms with Crippen molar-refractivity contribution >= 4 is 12.0 Å². The highest BCUT2D eigenvalue weighted by Crippen LogP contribution is 2.53. The van der Waals surface area contributed by atoms with Crippen LogP contribution in [0.5, 0.6) is 5.75 Å². The molecule has 1 N–H and O–H groups in total. The van der Waals surface area contributed by atoms with Crippen LogP contribution in [0.1, 0.15) is 55.6 Å². The Bertz CT molecular complexity index is 821. The number of rotatable bonds is 9. The minimum atomic E-state index is -0.367. The van der Waals surface area contributed by atoms with Gasteiger partial charge in [0.15, 0.2) is 0 Å². The molecule has 1 saturated heterocycles. The van der Waals surface area contributed by atoms with Gasteiger partial charge in [0, 0.05) is 19.3 Å². The number of para-hydroxylation sites is 1. The number of hydrogen-bond acceptors (Lipinski definition) is 4. The minimum Gasteiger partial charge on any atom is -0.494 e. The zero-order valence-corrected chi connectivity index (χ0v) is 18.1. The molecule has 0 aromatic heterocycles. The van der Waals surface area contributed by atoms with E-state index in [-0.39, 0.29) is 5.41 Å². The van der Waals surface area contributed by atoms with Gasteiger partial charge in [-0.2, -0.15) is 0 Å². The molecule has 4 nitrogen and oxygen atoms in total. The molecule has 1 aliphatic heterocycles. The molecule has 0 unspecified atom stereocenters. The summed E-state index contributed by atoms with van der Waals surface area (Å²) in [7, 11) is 1.92. The Labute approximate surface area is 180 Å². The van der Waals surface area contributed by atoms with Crippen LogP contribution in [0.25, 0.3) is 0 Å². The third-order valence-electron chi connectivity index (χ3n) is 6.87. The Morgan fingerprint density at radius 3 is 2.50 bits per heavy atom. The lowest BCUT2D eigenvalue weighted by Crippen LogP contribution is -2.41. The van der Waals surface area contributed by atoms with Crippen molar-refractivity contribution < 1.29 is 9.53 Å². The molecular formula is C26H34N2O2. The normalized spacial score (nSPS) is 24.1. The molecule has 2 aromatic carbocycles. The lowest BCUT2D eigenvalue weighted by Gasteiger charge is -2.45. The van der Waals surface area contributed by atoms with E-state index in [1.165, 1.54) is 37.9 Å². The van der Waals surface area contributed by atoms with Gasteiger partial charge in [-0.05, 0) is 80.4 Å². The highest BCUT2D eigenvalue weighted by atomic mass is 16.5. The van der Waals surface area contributed by atoms with Crippen molar-refractivity contribution in [2.75, 3.05) is 38.6 Å². The first-order valence-electron chi connectivity index (χ1n) is 11.4. The van der Waals surface area contributed by atoms with Gasteiger partial charge in [0.2, 0.25) is 0 Å². The summed E-state index contributed by atoms with van der Waals surface area (Å²) in [5.74, 6) is 1.37. The third kappa shape index (κ3) is 4.54. The van der Waals surface area contributed by atoms with Crippen LogP contribution in [0, 0.1) is 0 Å². The maximum absolute atomic E-state index is 12.0. The van der Waals surface area contributed by atoms with E-state index in [0.717, 1.165) is 55.7 Å². The number of piperidine rings is 1. The summed E-state index contributed by atoms with van der Waals surface area (Å²) in [4.78, 5) is 14.6. The van der Waals surface area contributed by atoms with E-state index < -0.39 is 0 Å². The number of ether oxygens (including phenoxy) is 1. The number of hydrogen-bond donors (Lipinski definition) is 1. The smallest absolute Gasteiger partial charge is 0.130 e. The molecule has 0 radical (unpaired) electrons. The molecule has 0 atom stereocenters. The Hall–Kier alpha value is -2.33. The molecule has 1 heterocycles. The first-order valence-corrected chi connectivity index (χ1v) is 11.4. The Morgan fingerprint density at radius 2 is 1.80 bits per heavy atom. The van der Waals surface area contributed by atoms with Crippen molar-refractivity contribution in [2.24, 2.45) is 0 Å². The van der Waals surface area contributed by atoms with Gasteiger partial charge in [0.05, 0.1) is 12.0 Å². The quantitative estimate of drug-likeness (QED) is 0.470. The van der Waals surface area contributed by atoms with E-state index in [9.17, 15) is 4.79 Å². The van der Waals surface area contributed by atoms with E-state index in [2.05, 4.69) is 40.5 Å². The van der Waals surface area contributed by atoms with E-state index >= 15 is 0 Å². The average molecular weight is 407 g/mol. The van der Waals surface area contributed by atoms with E-state index in [1.54, 1.807) is 0 Å². The van der Waals surface area contributed by atoms with Crippen molar-refractivity contribution in [3.63, 3.8) is 0 Å². The standard InChI is InChI=1S/C26H34N2O2/c1-27-25-9-4-3-8-24(25)26(20-29)18-22(19-26)21-10-12-23(13-11-21)30-17-7-16-28-14-5-2-6-15-28/h3-4,8-13,20,22,27H,2,5-7,14-19H2,1H3. The van der Waals surface area contributed by atoms with Crippen molar-refractivity contribution in [1.29, 1.82) is 0 Å². The summed E-state index contributed by atoms with van der Waals surface area (Å²) in [6.45, 7) is 4.41. The summed E-state index contributed by atoms with van der Waals surface area (Å²) in [6, 6.07) is 16.7. The number of likely N-dealkylation sites (tertiary alicyclic amines) is 1. The van der Waals surface area contributed by atoms with Gasteiger partial charge in [0.1, 0.15) is 12.0 Å². The Kier molecular flexibility index (Phi) is 6.73. The van der Waals surface area contributed by atoms with Crippen molar-refractivity contribution in [2.45, 2.75) is 49.9 Å². The lowest BCUT2D eigenvalue weighted by molar-refractivity contribution is -0.115. The zero-order valence-electron chi connectivity index (χ0n) is 18.1. The number of carbonyl (C=O) groups excluding carboxylic acids is 1. The predicted octanol–water partition coefficient (Wildman–Crippen LogP) is 5.00. The first kappa shape index (κ1) is 20.9. The van der Waals surface area contributed by atoms with E-state index in [0.29, 0.717) is 5.92 Å². The van der Waals surface area contributed by atoms with Gasteiger partial charge in [-0.1, -0.05) is 36.8 Å². The summed E-state index contributed by atoms with van der Waals surface area (Å²) in [5.41, 5.74) is 3.10. The van der Waals surface area contributed by atoms with Crippen LogP contribution in [0.2, 0.25) is 0 Å². The summed E-state index contributed by atoms with van der Waals surface area (Å²) >= 11 is 0. The molecule has 2 aromatic rings.